The van der Waals surface area contributed by atoms with Gasteiger partial charge < -0.3 is 10.1 Å². The third-order valence-electron chi connectivity index (χ3n) is 2.88. The summed E-state index contributed by atoms with van der Waals surface area (Å²) in [6.45, 7) is 0.00653. The van der Waals surface area contributed by atoms with Gasteiger partial charge in [0.05, 0.1) is 17.6 Å². The van der Waals surface area contributed by atoms with Gasteiger partial charge in [0.1, 0.15) is 0 Å². The zero-order valence-electron chi connectivity index (χ0n) is 8.23. The summed E-state index contributed by atoms with van der Waals surface area (Å²) in [4.78, 5) is 14.5. The first-order valence-corrected chi connectivity index (χ1v) is 5.13. The number of hydrogen-bond acceptors (Lipinski definition) is 2. The van der Waals surface area contributed by atoms with Crippen LogP contribution in [0.3, 0.4) is 0 Å². The molecule has 4 nitrogen and oxygen atoms in total. The van der Waals surface area contributed by atoms with Gasteiger partial charge in [0.25, 0.3) is 0 Å². The van der Waals surface area contributed by atoms with E-state index in [4.69, 9.17) is 5.11 Å². The number of rotatable bonds is 2. The van der Waals surface area contributed by atoms with Crippen molar-refractivity contribution in [1.29, 1.82) is 0 Å². The lowest BCUT2D eigenvalue weighted by atomic mass is 10.2. The molecule has 4 heteroatoms. The molecule has 0 saturated heterocycles. The molecule has 0 spiro atoms. The van der Waals surface area contributed by atoms with Crippen LogP contribution in [0.4, 0.5) is 0 Å². The van der Waals surface area contributed by atoms with Crippen molar-refractivity contribution in [2.75, 3.05) is 0 Å². The van der Waals surface area contributed by atoms with Gasteiger partial charge in [-0.3, -0.25) is 4.57 Å². The van der Waals surface area contributed by atoms with Gasteiger partial charge in [-0.15, -0.1) is 0 Å². The molecule has 78 valence electrons. The second-order valence-corrected chi connectivity index (χ2v) is 4.04. The number of fused-ring (bicyclic) bond motifs is 1. The van der Waals surface area contributed by atoms with Crippen LogP contribution < -0.4 is 5.69 Å². The van der Waals surface area contributed by atoms with Crippen LogP contribution in [0.25, 0.3) is 11.0 Å². The summed E-state index contributed by atoms with van der Waals surface area (Å²) in [7, 11) is 0. The van der Waals surface area contributed by atoms with E-state index in [0.717, 1.165) is 29.4 Å². The molecule has 1 aromatic heterocycles. The van der Waals surface area contributed by atoms with Crippen molar-refractivity contribution in [2.45, 2.75) is 25.5 Å². The lowest BCUT2D eigenvalue weighted by Gasteiger charge is -2.00. The summed E-state index contributed by atoms with van der Waals surface area (Å²) in [5.41, 5.74) is 2.55. The Hall–Kier alpha value is -1.55. The Labute approximate surface area is 86.2 Å². The topological polar surface area (TPSA) is 58.0 Å². The Kier molecular flexibility index (Phi) is 1.73. The number of imidazole rings is 1. The first-order chi connectivity index (χ1) is 7.29. The maximum Gasteiger partial charge on any atom is 0.326 e. The molecule has 1 aliphatic rings. The molecular weight excluding hydrogens is 192 g/mol. The number of aliphatic hydroxyl groups is 1. The zero-order chi connectivity index (χ0) is 10.4. The quantitative estimate of drug-likeness (QED) is 0.771. The van der Waals surface area contributed by atoms with E-state index in [-0.39, 0.29) is 12.3 Å². The maximum absolute atomic E-state index is 11.7. The molecule has 2 N–H and O–H groups in total. The molecule has 1 heterocycles. The molecule has 1 fully saturated rings. The summed E-state index contributed by atoms with van der Waals surface area (Å²) in [5.74, 6) is 0. The summed E-state index contributed by atoms with van der Waals surface area (Å²) >= 11 is 0. The van der Waals surface area contributed by atoms with Crippen LogP contribution in [0.1, 0.15) is 24.4 Å². The van der Waals surface area contributed by atoms with Gasteiger partial charge in [-0.25, -0.2) is 4.79 Å². The van der Waals surface area contributed by atoms with Crippen LogP contribution in [0.15, 0.2) is 23.0 Å². The minimum Gasteiger partial charge on any atom is -0.392 e. The Morgan fingerprint density at radius 1 is 1.47 bits per heavy atom. The lowest BCUT2D eigenvalue weighted by Crippen LogP contribution is -2.14. The van der Waals surface area contributed by atoms with Crippen LogP contribution in [0.5, 0.6) is 0 Å². The number of H-pyrrole nitrogens is 1. The van der Waals surface area contributed by atoms with Gasteiger partial charge >= 0.3 is 5.69 Å². The molecular formula is C11H12N2O2. The number of aromatic nitrogens is 2. The number of hydrogen-bond donors (Lipinski definition) is 2. The predicted molar refractivity (Wildman–Crippen MR) is 56.8 cm³/mol. The van der Waals surface area contributed by atoms with Crippen molar-refractivity contribution in [3.8, 4) is 0 Å². The Morgan fingerprint density at radius 3 is 2.93 bits per heavy atom. The Morgan fingerprint density at radius 2 is 2.27 bits per heavy atom. The Balaban J connectivity index is 2.28. The minimum atomic E-state index is -0.0393. The van der Waals surface area contributed by atoms with E-state index in [1.54, 1.807) is 0 Å². The highest BCUT2D eigenvalue weighted by Gasteiger charge is 2.26. The summed E-state index contributed by atoms with van der Waals surface area (Å²) in [5, 5.41) is 9.00. The third-order valence-corrected chi connectivity index (χ3v) is 2.88. The average Bonchev–Trinajstić information content (AvgIpc) is 3.00. The molecule has 2 aromatic rings. The predicted octanol–water partition coefficient (Wildman–Crippen LogP) is 1.16. The van der Waals surface area contributed by atoms with Gasteiger partial charge in [-0.05, 0) is 30.5 Å². The van der Waals surface area contributed by atoms with Crippen LogP contribution in [0.2, 0.25) is 0 Å². The second kappa shape index (κ2) is 2.97. The number of nitrogens with one attached hydrogen (secondary N) is 1. The van der Waals surface area contributed by atoms with E-state index in [2.05, 4.69) is 4.98 Å². The van der Waals surface area contributed by atoms with Crippen molar-refractivity contribution in [3.05, 3.63) is 34.2 Å². The van der Waals surface area contributed by atoms with Gasteiger partial charge in [0.15, 0.2) is 0 Å². The fourth-order valence-electron chi connectivity index (χ4n) is 1.97. The second-order valence-electron chi connectivity index (χ2n) is 4.04. The largest absolute Gasteiger partial charge is 0.392 e. The van der Waals surface area contributed by atoms with E-state index in [0.29, 0.717) is 6.04 Å². The van der Waals surface area contributed by atoms with Crippen LogP contribution in [0, 0.1) is 0 Å². The molecule has 15 heavy (non-hydrogen) atoms. The molecule has 0 unspecified atom stereocenters. The highest BCUT2D eigenvalue weighted by atomic mass is 16.3. The van der Waals surface area contributed by atoms with Crippen molar-refractivity contribution < 1.29 is 5.11 Å². The van der Waals surface area contributed by atoms with Gasteiger partial charge in [-0.1, -0.05) is 6.07 Å². The monoisotopic (exact) mass is 204 g/mol. The Bertz CT molecular complexity index is 563. The van der Waals surface area contributed by atoms with E-state index in [9.17, 15) is 4.79 Å². The summed E-state index contributed by atoms with van der Waals surface area (Å²) < 4.78 is 1.82. The van der Waals surface area contributed by atoms with Gasteiger partial charge in [0, 0.05) is 6.04 Å². The maximum atomic E-state index is 11.7. The van der Waals surface area contributed by atoms with E-state index in [1.807, 2.05) is 22.8 Å². The summed E-state index contributed by atoms with van der Waals surface area (Å²) in [6.07, 6.45) is 2.18. The minimum absolute atomic E-state index is 0.00653. The molecule has 1 aliphatic carbocycles. The van der Waals surface area contributed by atoms with Crippen molar-refractivity contribution in [3.63, 3.8) is 0 Å². The normalized spacial score (nSPS) is 16.1. The number of aliphatic hydroxyl groups excluding tert-OH is 1. The van der Waals surface area contributed by atoms with E-state index < -0.39 is 0 Å². The molecule has 0 bridgehead atoms. The molecule has 1 saturated carbocycles. The van der Waals surface area contributed by atoms with E-state index in [1.165, 1.54) is 0 Å². The smallest absolute Gasteiger partial charge is 0.326 e. The molecule has 0 radical (unpaired) electrons. The van der Waals surface area contributed by atoms with Gasteiger partial charge in [-0.2, -0.15) is 0 Å². The zero-order valence-corrected chi connectivity index (χ0v) is 8.23. The highest BCUT2D eigenvalue weighted by Crippen LogP contribution is 2.35. The first-order valence-electron chi connectivity index (χ1n) is 5.13. The lowest BCUT2D eigenvalue weighted by molar-refractivity contribution is 0.282. The van der Waals surface area contributed by atoms with Crippen LogP contribution >= 0.6 is 0 Å². The fourth-order valence-corrected chi connectivity index (χ4v) is 1.97. The van der Waals surface area contributed by atoms with Crippen LogP contribution in [-0.4, -0.2) is 14.7 Å². The molecule has 3 rings (SSSR count). The number of nitrogens with zero attached hydrogens (tertiary/aromatic N) is 1. The number of aromatic amines is 1. The first kappa shape index (κ1) is 8.73. The standard InChI is InChI=1S/C11H12N2O2/c14-6-7-1-4-10-9(5-7)12-11(15)13(10)8-2-3-8/h1,4-5,8,14H,2-3,6H2,(H,12,15). The average molecular weight is 204 g/mol. The SMILES string of the molecule is O=c1[nH]c2cc(CO)ccc2n1C1CC1. The molecule has 0 atom stereocenters. The molecule has 0 amide bonds. The fraction of sp³-hybridized carbons (Fsp3) is 0.364. The van der Waals surface area contributed by atoms with E-state index >= 15 is 0 Å². The van der Waals surface area contributed by atoms with Gasteiger partial charge in [0.2, 0.25) is 0 Å². The van der Waals surface area contributed by atoms with Crippen molar-refractivity contribution in [2.24, 2.45) is 0 Å². The third kappa shape index (κ3) is 1.29. The van der Waals surface area contributed by atoms with Crippen molar-refractivity contribution in [1.82, 2.24) is 9.55 Å². The summed E-state index contributed by atoms with van der Waals surface area (Å²) in [6, 6.07) is 5.97. The number of benzene rings is 1. The molecule has 0 aliphatic heterocycles. The highest BCUT2D eigenvalue weighted by molar-refractivity contribution is 5.76. The molecule has 1 aromatic carbocycles. The van der Waals surface area contributed by atoms with Crippen molar-refractivity contribution >= 4 is 11.0 Å². The van der Waals surface area contributed by atoms with Crippen LogP contribution in [-0.2, 0) is 6.61 Å².